The standard InChI is InChI=1S/C22H23ClN6O/c1-15(18-7-6-8-19(13-18)27-10-4-5-11-27)24-22(30)20-9-12-28(26-20)14-29-17(3)21(23)16(2)25-29/h4-13,15H,14H2,1-3H3,(H,24,30). The van der Waals surface area contributed by atoms with Gasteiger partial charge in [-0.3, -0.25) is 9.48 Å². The number of nitrogens with one attached hydrogen (secondary N) is 1. The molecule has 1 atom stereocenters. The van der Waals surface area contributed by atoms with Gasteiger partial charge in [-0.25, -0.2) is 4.68 Å². The number of hydrogen-bond acceptors (Lipinski definition) is 3. The molecule has 1 unspecified atom stereocenters. The largest absolute Gasteiger partial charge is 0.344 e. The first-order chi connectivity index (χ1) is 14.4. The fourth-order valence-corrected chi connectivity index (χ4v) is 3.46. The van der Waals surface area contributed by atoms with E-state index in [1.54, 1.807) is 21.6 Å². The highest BCUT2D eigenvalue weighted by Gasteiger charge is 2.15. The first-order valence-corrected chi connectivity index (χ1v) is 10.1. The van der Waals surface area contributed by atoms with Gasteiger partial charge in [0, 0.05) is 24.3 Å². The van der Waals surface area contributed by atoms with Crippen molar-refractivity contribution < 1.29 is 4.79 Å². The number of amides is 1. The lowest BCUT2D eigenvalue weighted by Crippen LogP contribution is -2.27. The summed E-state index contributed by atoms with van der Waals surface area (Å²) in [4.78, 5) is 12.7. The molecule has 1 N–H and O–H groups in total. The van der Waals surface area contributed by atoms with Gasteiger partial charge in [-0.1, -0.05) is 23.7 Å². The zero-order valence-electron chi connectivity index (χ0n) is 17.1. The lowest BCUT2D eigenvalue weighted by molar-refractivity contribution is 0.0934. The van der Waals surface area contributed by atoms with Crippen molar-refractivity contribution in [2.24, 2.45) is 0 Å². The summed E-state index contributed by atoms with van der Waals surface area (Å²) in [6.07, 6.45) is 5.74. The second-order valence-corrected chi connectivity index (χ2v) is 7.62. The first-order valence-electron chi connectivity index (χ1n) is 9.69. The van der Waals surface area contributed by atoms with E-state index in [2.05, 4.69) is 21.6 Å². The van der Waals surface area contributed by atoms with E-state index in [9.17, 15) is 4.79 Å². The molecule has 154 valence electrons. The van der Waals surface area contributed by atoms with Crippen molar-refractivity contribution in [2.45, 2.75) is 33.5 Å². The van der Waals surface area contributed by atoms with Crippen LogP contribution in [-0.2, 0) is 6.67 Å². The van der Waals surface area contributed by atoms with Gasteiger partial charge in [-0.2, -0.15) is 10.2 Å². The van der Waals surface area contributed by atoms with Crippen molar-refractivity contribution >= 4 is 17.5 Å². The van der Waals surface area contributed by atoms with Crippen molar-refractivity contribution in [3.8, 4) is 5.69 Å². The van der Waals surface area contributed by atoms with Gasteiger partial charge in [-0.15, -0.1) is 0 Å². The van der Waals surface area contributed by atoms with Crippen LogP contribution in [0.4, 0.5) is 0 Å². The Kier molecular flexibility index (Phi) is 5.46. The Hall–Kier alpha value is -3.32. The van der Waals surface area contributed by atoms with Gasteiger partial charge in [0.05, 0.1) is 22.5 Å². The smallest absolute Gasteiger partial charge is 0.272 e. The zero-order chi connectivity index (χ0) is 21.3. The van der Waals surface area contributed by atoms with Gasteiger partial charge in [0.1, 0.15) is 12.4 Å². The third-order valence-electron chi connectivity index (χ3n) is 5.07. The Labute approximate surface area is 179 Å². The molecule has 0 saturated carbocycles. The molecule has 0 saturated heterocycles. The third kappa shape index (κ3) is 4.02. The molecule has 0 aliphatic heterocycles. The maximum absolute atomic E-state index is 12.7. The molecule has 0 aliphatic carbocycles. The Balaban J connectivity index is 1.44. The van der Waals surface area contributed by atoms with Crippen molar-refractivity contribution in [2.75, 3.05) is 0 Å². The van der Waals surface area contributed by atoms with Crippen molar-refractivity contribution in [1.29, 1.82) is 0 Å². The van der Waals surface area contributed by atoms with E-state index in [1.165, 1.54) is 0 Å². The van der Waals surface area contributed by atoms with Crippen LogP contribution in [0, 0.1) is 13.8 Å². The third-order valence-corrected chi connectivity index (χ3v) is 5.61. The van der Waals surface area contributed by atoms with Crippen LogP contribution in [0.15, 0.2) is 61.1 Å². The van der Waals surface area contributed by atoms with E-state index in [0.29, 0.717) is 17.4 Å². The minimum atomic E-state index is -0.223. The number of rotatable bonds is 6. The van der Waals surface area contributed by atoms with Crippen molar-refractivity contribution in [3.05, 3.63) is 88.7 Å². The molecule has 7 nitrogen and oxygen atoms in total. The molecule has 0 fully saturated rings. The van der Waals surface area contributed by atoms with Crippen LogP contribution >= 0.6 is 11.6 Å². The molecule has 4 rings (SSSR count). The van der Waals surface area contributed by atoms with Gasteiger partial charge in [0.2, 0.25) is 0 Å². The first kappa shape index (κ1) is 20.0. The summed E-state index contributed by atoms with van der Waals surface area (Å²) in [5, 5.41) is 12.5. The summed E-state index contributed by atoms with van der Waals surface area (Å²) in [5.41, 5.74) is 4.07. The molecule has 0 bridgehead atoms. The minimum Gasteiger partial charge on any atom is -0.344 e. The van der Waals surface area contributed by atoms with Crippen LogP contribution in [-0.4, -0.2) is 30.0 Å². The van der Waals surface area contributed by atoms with Gasteiger partial charge in [-0.05, 0) is 56.7 Å². The maximum atomic E-state index is 12.7. The Morgan fingerprint density at radius 1 is 1.10 bits per heavy atom. The fourth-order valence-electron chi connectivity index (χ4n) is 3.33. The van der Waals surface area contributed by atoms with Crippen LogP contribution < -0.4 is 5.32 Å². The lowest BCUT2D eigenvalue weighted by atomic mass is 10.1. The van der Waals surface area contributed by atoms with Gasteiger partial charge >= 0.3 is 0 Å². The highest BCUT2D eigenvalue weighted by molar-refractivity contribution is 6.31. The topological polar surface area (TPSA) is 69.7 Å². The monoisotopic (exact) mass is 422 g/mol. The van der Waals surface area contributed by atoms with E-state index >= 15 is 0 Å². The van der Waals surface area contributed by atoms with Crippen LogP contribution in [0.2, 0.25) is 5.02 Å². The average Bonchev–Trinajstić information content (AvgIpc) is 3.48. The molecular weight excluding hydrogens is 400 g/mol. The predicted molar refractivity (Wildman–Crippen MR) is 116 cm³/mol. The summed E-state index contributed by atoms with van der Waals surface area (Å²) in [6.45, 7) is 6.12. The summed E-state index contributed by atoms with van der Waals surface area (Å²) in [5.74, 6) is -0.223. The van der Waals surface area contributed by atoms with Gasteiger partial charge < -0.3 is 9.88 Å². The second-order valence-electron chi connectivity index (χ2n) is 7.25. The Bertz CT molecular complexity index is 1170. The summed E-state index contributed by atoms with van der Waals surface area (Å²) >= 11 is 6.20. The number of halogens is 1. The predicted octanol–water partition coefficient (Wildman–Crippen LogP) is 4.14. The van der Waals surface area contributed by atoms with Gasteiger partial charge in [0.25, 0.3) is 5.91 Å². The average molecular weight is 423 g/mol. The van der Waals surface area contributed by atoms with Crippen molar-refractivity contribution in [1.82, 2.24) is 29.4 Å². The van der Waals surface area contributed by atoms with Crippen LogP contribution in [0.25, 0.3) is 5.69 Å². The minimum absolute atomic E-state index is 0.159. The number of hydrogen-bond donors (Lipinski definition) is 1. The number of carbonyl (C=O) groups is 1. The summed E-state index contributed by atoms with van der Waals surface area (Å²) < 4.78 is 5.47. The Morgan fingerprint density at radius 3 is 2.57 bits per heavy atom. The molecule has 0 spiro atoms. The van der Waals surface area contributed by atoms with E-state index in [1.807, 2.05) is 68.1 Å². The Morgan fingerprint density at radius 2 is 1.87 bits per heavy atom. The highest BCUT2D eigenvalue weighted by Crippen LogP contribution is 2.19. The van der Waals surface area contributed by atoms with E-state index < -0.39 is 0 Å². The molecule has 3 heterocycles. The number of benzene rings is 1. The number of aryl methyl sites for hydroxylation is 1. The normalized spacial score (nSPS) is 12.1. The molecule has 1 aromatic carbocycles. The van der Waals surface area contributed by atoms with Crippen molar-refractivity contribution in [3.63, 3.8) is 0 Å². The summed E-state index contributed by atoms with van der Waals surface area (Å²) in [7, 11) is 0. The lowest BCUT2D eigenvalue weighted by Gasteiger charge is -2.15. The SMILES string of the molecule is Cc1nn(Cn2ccc(C(=O)NC(C)c3cccc(-n4cccc4)c3)n2)c(C)c1Cl. The molecule has 0 aliphatic rings. The zero-order valence-corrected chi connectivity index (χ0v) is 17.8. The van der Waals surface area contributed by atoms with E-state index in [4.69, 9.17) is 11.6 Å². The molecular formula is C22H23ClN6O. The van der Waals surface area contributed by atoms with Crippen LogP contribution in [0.3, 0.4) is 0 Å². The number of carbonyl (C=O) groups excluding carboxylic acids is 1. The van der Waals surface area contributed by atoms with Gasteiger partial charge in [0.15, 0.2) is 0 Å². The number of aromatic nitrogens is 5. The molecule has 0 radical (unpaired) electrons. The quantitative estimate of drug-likeness (QED) is 0.507. The second kappa shape index (κ2) is 8.20. The molecule has 4 aromatic rings. The molecule has 8 heteroatoms. The number of nitrogens with zero attached hydrogens (tertiary/aromatic N) is 5. The molecule has 1 amide bonds. The molecule has 30 heavy (non-hydrogen) atoms. The van der Waals surface area contributed by atoms with Crippen LogP contribution in [0.1, 0.15) is 40.4 Å². The van der Waals surface area contributed by atoms with E-state index in [0.717, 1.165) is 22.6 Å². The molecule has 3 aromatic heterocycles. The maximum Gasteiger partial charge on any atom is 0.272 e. The highest BCUT2D eigenvalue weighted by atomic mass is 35.5. The van der Waals surface area contributed by atoms with Crippen LogP contribution in [0.5, 0.6) is 0 Å². The summed E-state index contributed by atoms with van der Waals surface area (Å²) in [6, 6.07) is 13.6. The fraction of sp³-hybridized carbons (Fsp3) is 0.227. The van der Waals surface area contributed by atoms with E-state index in [-0.39, 0.29) is 11.9 Å².